The summed E-state index contributed by atoms with van der Waals surface area (Å²) in [6.07, 6.45) is 4.64. The van der Waals surface area contributed by atoms with E-state index in [2.05, 4.69) is 37.4 Å². The summed E-state index contributed by atoms with van der Waals surface area (Å²) >= 11 is 0. The molecule has 1 fully saturated rings. The van der Waals surface area contributed by atoms with Gasteiger partial charge in [-0.1, -0.05) is 42.2 Å². The van der Waals surface area contributed by atoms with E-state index in [0.29, 0.717) is 0 Å². The van der Waals surface area contributed by atoms with Crippen molar-refractivity contribution in [1.82, 2.24) is 5.32 Å². The van der Waals surface area contributed by atoms with Crippen LogP contribution in [0.15, 0.2) is 18.2 Å². The molecule has 0 bridgehead atoms. The third kappa shape index (κ3) is 4.85. The summed E-state index contributed by atoms with van der Waals surface area (Å²) in [5.41, 5.74) is 3.00. The molecule has 1 unspecified atom stereocenters. The summed E-state index contributed by atoms with van der Waals surface area (Å²) in [4.78, 5) is 12.1. The summed E-state index contributed by atoms with van der Waals surface area (Å²) < 4.78 is 0. The van der Waals surface area contributed by atoms with Gasteiger partial charge in [-0.05, 0) is 45.6 Å². The molecule has 1 aromatic carbocycles. The molecule has 0 aliphatic heterocycles. The Morgan fingerprint density at radius 2 is 1.81 bits per heavy atom. The van der Waals surface area contributed by atoms with E-state index in [1.54, 1.807) is 0 Å². The molecular formula is C18H27NO2. The van der Waals surface area contributed by atoms with E-state index in [1.165, 1.54) is 16.7 Å². The lowest BCUT2D eigenvalue weighted by Gasteiger charge is -2.23. The van der Waals surface area contributed by atoms with E-state index < -0.39 is 5.60 Å². The normalized spacial score (nSPS) is 18.5. The van der Waals surface area contributed by atoms with E-state index in [0.717, 1.165) is 32.1 Å². The van der Waals surface area contributed by atoms with E-state index in [1.807, 2.05) is 6.92 Å². The zero-order valence-corrected chi connectivity index (χ0v) is 13.4. The van der Waals surface area contributed by atoms with Gasteiger partial charge in [0.2, 0.25) is 5.91 Å². The van der Waals surface area contributed by atoms with Crippen molar-refractivity contribution in [1.29, 1.82) is 0 Å². The van der Waals surface area contributed by atoms with Crippen molar-refractivity contribution in [2.45, 2.75) is 70.9 Å². The Kier molecular flexibility index (Phi) is 5.04. The largest absolute Gasteiger partial charge is 0.389 e. The Bertz CT molecular complexity index is 484. The lowest BCUT2D eigenvalue weighted by Crippen LogP contribution is -2.39. The molecule has 1 atom stereocenters. The van der Waals surface area contributed by atoms with E-state index in [4.69, 9.17) is 0 Å². The molecule has 0 spiro atoms. The van der Waals surface area contributed by atoms with Crippen molar-refractivity contribution in [2.24, 2.45) is 0 Å². The predicted octanol–water partition coefficient (Wildman–Crippen LogP) is 3.05. The van der Waals surface area contributed by atoms with E-state index in [9.17, 15) is 9.90 Å². The first-order valence-electron chi connectivity index (χ1n) is 7.95. The van der Waals surface area contributed by atoms with Gasteiger partial charge in [0, 0.05) is 6.04 Å². The Labute approximate surface area is 127 Å². The van der Waals surface area contributed by atoms with Crippen LogP contribution >= 0.6 is 0 Å². The van der Waals surface area contributed by atoms with Gasteiger partial charge in [-0.2, -0.15) is 0 Å². The zero-order chi connectivity index (χ0) is 15.5. The highest BCUT2D eigenvalue weighted by Gasteiger charge is 2.33. The maximum Gasteiger partial charge on any atom is 0.223 e. The summed E-state index contributed by atoms with van der Waals surface area (Å²) in [5, 5.41) is 13.3. The quantitative estimate of drug-likeness (QED) is 0.875. The molecule has 3 nitrogen and oxygen atoms in total. The number of aryl methyl sites for hydroxylation is 2. The number of amides is 1. The van der Waals surface area contributed by atoms with E-state index in [-0.39, 0.29) is 18.4 Å². The van der Waals surface area contributed by atoms with Crippen LogP contribution in [0.5, 0.6) is 0 Å². The maximum absolute atomic E-state index is 12.1. The lowest BCUT2D eigenvalue weighted by molar-refractivity contribution is -0.126. The molecule has 21 heavy (non-hydrogen) atoms. The van der Waals surface area contributed by atoms with Gasteiger partial charge in [0.15, 0.2) is 0 Å². The molecular weight excluding hydrogens is 262 g/mol. The van der Waals surface area contributed by atoms with Crippen molar-refractivity contribution >= 4 is 5.91 Å². The molecule has 1 amide bonds. The van der Waals surface area contributed by atoms with Crippen LogP contribution in [0.1, 0.15) is 55.7 Å². The number of benzene rings is 1. The van der Waals surface area contributed by atoms with Crippen LogP contribution in [0.25, 0.3) is 0 Å². The van der Waals surface area contributed by atoms with Gasteiger partial charge in [-0.15, -0.1) is 0 Å². The first kappa shape index (κ1) is 16.0. The maximum atomic E-state index is 12.1. The number of rotatable bonds is 5. The number of carbonyl (C=O) groups is 1. The van der Waals surface area contributed by atoms with Crippen molar-refractivity contribution in [3.8, 4) is 0 Å². The second-order valence-electron chi connectivity index (χ2n) is 6.78. The Morgan fingerprint density at radius 3 is 2.38 bits per heavy atom. The van der Waals surface area contributed by atoms with Crippen molar-refractivity contribution in [2.75, 3.05) is 0 Å². The van der Waals surface area contributed by atoms with E-state index >= 15 is 0 Å². The molecule has 1 aliphatic carbocycles. The summed E-state index contributed by atoms with van der Waals surface area (Å²) in [7, 11) is 0. The average Bonchev–Trinajstić information content (AvgIpc) is 2.73. The van der Waals surface area contributed by atoms with Gasteiger partial charge >= 0.3 is 0 Å². The summed E-state index contributed by atoms with van der Waals surface area (Å²) in [6.45, 7) is 6.21. The van der Waals surface area contributed by atoms with Crippen LogP contribution in [0.3, 0.4) is 0 Å². The first-order valence-corrected chi connectivity index (χ1v) is 7.95. The first-order chi connectivity index (χ1) is 9.86. The molecule has 0 heterocycles. The zero-order valence-electron chi connectivity index (χ0n) is 13.4. The van der Waals surface area contributed by atoms with Crippen LogP contribution in [0.2, 0.25) is 0 Å². The van der Waals surface area contributed by atoms with Gasteiger partial charge in [-0.25, -0.2) is 0 Å². The summed E-state index contributed by atoms with van der Waals surface area (Å²) in [5.74, 6) is -0.0312. The van der Waals surface area contributed by atoms with Gasteiger partial charge in [0.1, 0.15) is 0 Å². The predicted molar refractivity (Wildman–Crippen MR) is 85.3 cm³/mol. The second kappa shape index (κ2) is 6.61. The minimum absolute atomic E-state index is 0.0312. The van der Waals surface area contributed by atoms with Crippen LogP contribution in [-0.2, 0) is 11.2 Å². The molecule has 1 aliphatic rings. The Balaban J connectivity index is 1.86. The monoisotopic (exact) mass is 289 g/mol. The minimum atomic E-state index is -0.760. The van der Waals surface area contributed by atoms with Gasteiger partial charge in [0.05, 0.1) is 12.0 Å². The Hall–Kier alpha value is -1.35. The van der Waals surface area contributed by atoms with Crippen molar-refractivity contribution < 1.29 is 9.90 Å². The molecule has 2 rings (SSSR count). The number of aliphatic hydroxyl groups is 1. The van der Waals surface area contributed by atoms with Gasteiger partial charge < -0.3 is 10.4 Å². The molecule has 1 saturated carbocycles. The topological polar surface area (TPSA) is 49.3 Å². The molecule has 3 heteroatoms. The van der Waals surface area contributed by atoms with Crippen LogP contribution in [0, 0.1) is 13.8 Å². The van der Waals surface area contributed by atoms with Crippen molar-refractivity contribution in [3.05, 3.63) is 34.9 Å². The molecule has 0 aromatic heterocycles. The highest BCUT2D eigenvalue weighted by Crippen LogP contribution is 2.32. The highest BCUT2D eigenvalue weighted by molar-refractivity contribution is 5.77. The molecule has 0 radical (unpaired) electrons. The lowest BCUT2D eigenvalue weighted by atomic mass is 9.97. The number of hydrogen-bond donors (Lipinski definition) is 2. The van der Waals surface area contributed by atoms with Gasteiger partial charge in [-0.3, -0.25) is 4.79 Å². The number of hydrogen-bond acceptors (Lipinski definition) is 2. The number of nitrogens with one attached hydrogen (secondary N) is 1. The van der Waals surface area contributed by atoms with Crippen molar-refractivity contribution in [3.63, 3.8) is 0 Å². The highest BCUT2D eigenvalue weighted by atomic mass is 16.3. The Morgan fingerprint density at radius 1 is 1.24 bits per heavy atom. The molecule has 0 saturated heterocycles. The second-order valence-corrected chi connectivity index (χ2v) is 6.78. The smallest absolute Gasteiger partial charge is 0.223 e. The van der Waals surface area contributed by atoms with Gasteiger partial charge in [0.25, 0.3) is 0 Å². The molecule has 116 valence electrons. The third-order valence-electron chi connectivity index (χ3n) is 4.25. The standard InChI is InChI=1S/C18H27NO2/c1-13-8-14(2)10-16(9-13)11-15(3)19-17(20)12-18(21)6-4-5-7-18/h8-10,15,21H,4-7,11-12H2,1-3H3,(H,19,20). The fraction of sp³-hybridized carbons (Fsp3) is 0.611. The van der Waals surface area contributed by atoms with Crippen LogP contribution in [-0.4, -0.2) is 22.7 Å². The molecule has 1 aromatic rings. The SMILES string of the molecule is Cc1cc(C)cc(CC(C)NC(=O)CC2(O)CCCC2)c1. The third-order valence-corrected chi connectivity index (χ3v) is 4.25. The fourth-order valence-corrected chi connectivity index (χ4v) is 3.43. The van der Waals surface area contributed by atoms with Crippen LogP contribution < -0.4 is 5.32 Å². The minimum Gasteiger partial charge on any atom is -0.389 e. The summed E-state index contributed by atoms with van der Waals surface area (Å²) in [6, 6.07) is 6.58. The molecule has 2 N–H and O–H groups in total. The average molecular weight is 289 g/mol. The van der Waals surface area contributed by atoms with Crippen LogP contribution in [0.4, 0.5) is 0 Å². The number of carbonyl (C=O) groups excluding carboxylic acids is 1. The fourth-order valence-electron chi connectivity index (χ4n) is 3.43.